The summed E-state index contributed by atoms with van der Waals surface area (Å²) in [6.45, 7) is 5.02. The van der Waals surface area contributed by atoms with Crippen molar-refractivity contribution in [2.24, 2.45) is 0 Å². The molecule has 1 aliphatic rings. The zero-order valence-electron chi connectivity index (χ0n) is 12.9. The minimum absolute atomic E-state index is 0.486. The summed E-state index contributed by atoms with van der Waals surface area (Å²) >= 11 is 0. The van der Waals surface area contributed by atoms with Gasteiger partial charge in [0.2, 0.25) is 0 Å². The van der Waals surface area contributed by atoms with Gasteiger partial charge in [-0.15, -0.1) is 0 Å². The van der Waals surface area contributed by atoms with Crippen LogP contribution in [0.15, 0.2) is 24.3 Å². The molecule has 0 heterocycles. The van der Waals surface area contributed by atoms with Crippen molar-refractivity contribution < 1.29 is 4.74 Å². The van der Waals surface area contributed by atoms with Crippen LogP contribution in [0.5, 0.6) is 0 Å². The summed E-state index contributed by atoms with van der Waals surface area (Å²) in [7, 11) is 0. The van der Waals surface area contributed by atoms with Gasteiger partial charge in [0.25, 0.3) is 0 Å². The van der Waals surface area contributed by atoms with Crippen molar-refractivity contribution in [1.82, 2.24) is 5.32 Å². The fraction of sp³-hybridized carbons (Fsp3) is 0.667. The maximum Gasteiger partial charge on any atom is 0.0720 e. The molecule has 1 aliphatic carbocycles. The van der Waals surface area contributed by atoms with Gasteiger partial charge in [0.05, 0.1) is 12.7 Å². The second-order valence-corrected chi connectivity index (χ2v) is 5.92. The maximum atomic E-state index is 6.11. The van der Waals surface area contributed by atoms with Crippen LogP contribution >= 0.6 is 0 Å². The van der Waals surface area contributed by atoms with Crippen LogP contribution in [0, 0.1) is 0 Å². The molecule has 1 aromatic carbocycles. The van der Waals surface area contributed by atoms with Crippen LogP contribution in [-0.4, -0.2) is 12.6 Å². The van der Waals surface area contributed by atoms with Crippen LogP contribution in [-0.2, 0) is 17.9 Å². The number of hydrogen-bond donors (Lipinski definition) is 1. The quantitative estimate of drug-likeness (QED) is 0.587. The Balaban J connectivity index is 1.78. The van der Waals surface area contributed by atoms with Crippen molar-refractivity contribution in [3.63, 3.8) is 0 Å². The highest BCUT2D eigenvalue weighted by atomic mass is 16.5. The van der Waals surface area contributed by atoms with E-state index in [1.807, 2.05) is 0 Å². The van der Waals surface area contributed by atoms with E-state index in [-0.39, 0.29) is 0 Å². The number of benzene rings is 1. The van der Waals surface area contributed by atoms with Crippen molar-refractivity contribution in [2.75, 3.05) is 6.54 Å². The molecule has 112 valence electrons. The molecule has 0 radical (unpaired) electrons. The molecular weight excluding hydrogens is 246 g/mol. The summed E-state index contributed by atoms with van der Waals surface area (Å²) in [6.07, 6.45) is 9.62. The molecule has 1 fully saturated rings. The minimum atomic E-state index is 0.486. The fourth-order valence-electron chi connectivity index (χ4n) is 2.86. The lowest BCUT2D eigenvalue weighted by atomic mass is 10.1. The van der Waals surface area contributed by atoms with E-state index in [4.69, 9.17) is 4.74 Å². The zero-order valence-corrected chi connectivity index (χ0v) is 12.9. The lowest BCUT2D eigenvalue weighted by molar-refractivity contribution is 0.0309. The van der Waals surface area contributed by atoms with Crippen LogP contribution in [0.25, 0.3) is 0 Å². The molecule has 2 rings (SSSR count). The normalized spacial score (nSPS) is 17.1. The van der Waals surface area contributed by atoms with Crippen molar-refractivity contribution in [1.29, 1.82) is 0 Å². The van der Waals surface area contributed by atoms with Crippen LogP contribution < -0.4 is 5.32 Å². The number of hydrogen-bond acceptors (Lipinski definition) is 2. The highest BCUT2D eigenvalue weighted by Crippen LogP contribution is 2.21. The molecule has 1 saturated carbocycles. The maximum absolute atomic E-state index is 6.11. The summed E-state index contributed by atoms with van der Waals surface area (Å²) in [4.78, 5) is 0. The average Bonchev–Trinajstić information content (AvgIpc) is 2.75. The van der Waals surface area contributed by atoms with E-state index >= 15 is 0 Å². The molecule has 0 unspecified atom stereocenters. The summed E-state index contributed by atoms with van der Waals surface area (Å²) in [6, 6.07) is 8.80. The van der Waals surface area contributed by atoms with Gasteiger partial charge >= 0.3 is 0 Å². The third-order valence-corrected chi connectivity index (χ3v) is 4.04. The Labute approximate surface area is 123 Å². The SMILES string of the molecule is CCCNCc1cccc(COC2CCCCCC2)c1. The van der Waals surface area contributed by atoms with Crippen LogP contribution in [0.3, 0.4) is 0 Å². The Morgan fingerprint density at radius 1 is 1.10 bits per heavy atom. The minimum Gasteiger partial charge on any atom is -0.374 e. The third kappa shape index (κ3) is 5.64. The number of ether oxygens (including phenoxy) is 1. The second kappa shape index (κ2) is 9.15. The van der Waals surface area contributed by atoms with Crippen molar-refractivity contribution in [3.8, 4) is 0 Å². The molecule has 0 aromatic heterocycles. The van der Waals surface area contributed by atoms with E-state index in [9.17, 15) is 0 Å². The molecule has 20 heavy (non-hydrogen) atoms. The molecule has 0 amide bonds. The Morgan fingerprint density at radius 2 is 1.85 bits per heavy atom. The van der Waals surface area contributed by atoms with Gasteiger partial charge in [-0.3, -0.25) is 0 Å². The van der Waals surface area contributed by atoms with Crippen LogP contribution in [0.2, 0.25) is 0 Å². The predicted molar refractivity (Wildman–Crippen MR) is 84.7 cm³/mol. The van der Waals surface area contributed by atoms with Crippen molar-refractivity contribution in [2.45, 2.75) is 71.1 Å². The Morgan fingerprint density at radius 3 is 2.60 bits per heavy atom. The summed E-state index contributed by atoms with van der Waals surface area (Å²) in [5.41, 5.74) is 2.67. The highest BCUT2D eigenvalue weighted by molar-refractivity contribution is 5.22. The van der Waals surface area contributed by atoms with Gasteiger partial charge < -0.3 is 10.1 Å². The van der Waals surface area contributed by atoms with E-state index in [0.717, 1.165) is 19.7 Å². The first-order valence-corrected chi connectivity index (χ1v) is 8.28. The van der Waals surface area contributed by atoms with Gasteiger partial charge in [-0.25, -0.2) is 0 Å². The molecule has 2 heteroatoms. The molecule has 2 nitrogen and oxygen atoms in total. The molecule has 0 bridgehead atoms. The smallest absolute Gasteiger partial charge is 0.0720 e. The first-order chi connectivity index (χ1) is 9.88. The summed E-state index contributed by atoms with van der Waals surface area (Å²) in [5.74, 6) is 0. The molecule has 0 spiro atoms. The van der Waals surface area contributed by atoms with Crippen LogP contribution in [0.1, 0.15) is 63.0 Å². The van der Waals surface area contributed by atoms with Crippen molar-refractivity contribution >= 4 is 0 Å². The van der Waals surface area contributed by atoms with Gasteiger partial charge in [-0.1, -0.05) is 56.9 Å². The molecule has 0 aliphatic heterocycles. The van der Waals surface area contributed by atoms with Gasteiger partial charge in [-0.2, -0.15) is 0 Å². The van der Waals surface area contributed by atoms with E-state index in [1.165, 1.54) is 56.1 Å². The largest absolute Gasteiger partial charge is 0.374 e. The topological polar surface area (TPSA) is 21.3 Å². The first-order valence-electron chi connectivity index (χ1n) is 8.28. The molecule has 1 aromatic rings. The Kier molecular flexibility index (Phi) is 7.10. The Bertz CT molecular complexity index is 369. The van der Waals surface area contributed by atoms with E-state index in [0.29, 0.717) is 6.10 Å². The van der Waals surface area contributed by atoms with E-state index < -0.39 is 0 Å². The Hall–Kier alpha value is -0.860. The van der Waals surface area contributed by atoms with E-state index in [1.54, 1.807) is 0 Å². The zero-order chi connectivity index (χ0) is 14.0. The van der Waals surface area contributed by atoms with Gasteiger partial charge in [0, 0.05) is 6.54 Å². The molecular formula is C18H29NO. The fourth-order valence-corrected chi connectivity index (χ4v) is 2.86. The molecule has 1 N–H and O–H groups in total. The standard InChI is InChI=1S/C18H29NO/c1-2-12-19-14-16-8-7-9-17(13-16)15-20-18-10-5-3-4-6-11-18/h7-9,13,18-19H,2-6,10-12,14-15H2,1H3. The lowest BCUT2D eigenvalue weighted by Gasteiger charge is -2.15. The lowest BCUT2D eigenvalue weighted by Crippen LogP contribution is -2.14. The van der Waals surface area contributed by atoms with Gasteiger partial charge in [0.1, 0.15) is 0 Å². The van der Waals surface area contributed by atoms with Crippen molar-refractivity contribution in [3.05, 3.63) is 35.4 Å². The highest BCUT2D eigenvalue weighted by Gasteiger charge is 2.12. The van der Waals surface area contributed by atoms with Gasteiger partial charge in [0.15, 0.2) is 0 Å². The van der Waals surface area contributed by atoms with Gasteiger partial charge in [-0.05, 0) is 36.9 Å². The van der Waals surface area contributed by atoms with E-state index in [2.05, 4.69) is 36.5 Å². The molecule has 0 atom stereocenters. The number of nitrogens with one attached hydrogen (secondary N) is 1. The summed E-state index contributed by atoms with van der Waals surface area (Å²) < 4.78 is 6.11. The monoisotopic (exact) mass is 275 g/mol. The summed E-state index contributed by atoms with van der Waals surface area (Å²) in [5, 5.41) is 3.45. The predicted octanol–water partition coefficient (Wildman–Crippen LogP) is 4.43. The molecule has 0 saturated heterocycles. The first kappa shape index (κ1) is 15.5. The second-order valence-electron chi connectivity index (χ2n) is 5.92. The number of rotatable bonds is 7. The third-order valence-electron chi connectivity index (χ3n) is 4.04. The average molecular weight is 275 g/mol. The van der Waals surface area contributed by atoms with Crippen LogP contribution in [0.4, 0.5) is 0 Å².